The Labute approximate surface area is 146 Å². The zero-order valence-electron chi connectivity index (χ0n) is 13.9. The number of hydrogen-bond acceptors (Lipinski definition) is 5. The number of benzene rings is 1. The lowest BCUT2D eigenvalue weighted by Crippen LogP contribution is -2.14. The number of thioether (sulfide) groups is 1. The van der Waals surface area contributed by atoms with Gasteiger partial charge in [-0.05, 0) is 49.2 Å². The van der Waals surface area contributed by atoms with Crippen LogP contribution in [0, 0.1) is 18.3 Å². The lowest BCUT2D eigenvalue weighted by Gasteiger charge is -2.09. The number of pyridine rings is 1. The highest BCUT2D eigenvalue weighted by Gasteiger charge is 2.11. The number of nitrogens with zero attached hydrogens (tertiary/aromatic N) is 2. The molecule has 0 atom stereocenters. The first-order valence-electron chi connectivity index (χ1n) is 7.54. The summed E-state index contributed by atoms with van der Waals surface area (Å²) in [6.45, 7) is 3.96. The third-order valence-electron chi connectivity index (χ3n) is 3.45. The molecule has 1 N–H and O–H groups in total. The Morgan fingerprint density at radius 1 is 1.38 bits per heavy atom. The zero-order chi connectivity index (χ0) is 17.5. The summed E-state index contributed by atoms with van der Waals surface area (Å²) in [6, 6.07) is 11.1. The summed E-state index contributed by atoms with van der Waals surface area (Å²) in [7, 11) is 1.59. The van der Waals surface area contributed by atoms with E-state index in [1.54, 1.807) is 31.4 Å². The molecule has 2 rings (SSSR count). The number of aryl methyl sites for hydroxylation is 2. The Hall–Kier alpha value is -2.52. The smallest absolute Gasteiger partial charge is 0.234 e. The Morgan fingerprint density at radius 3 is 2.67 bits per heavy atom. The van der Waals surface area contributed by atoms with Crippen LogP contribution in [0.15, 0.2) is 35.4 Å². The quantitative estimate of drug-likeness (QED) is 0.813. The van der Waals surface area contributed by atoms with E-state index in [0.29, 0.717) is 16.3 Å². The molecule has 0 spiro atoms. The van der Waals surface area contributed by atoms with E-state index < -0.39 is 0 Å². The van der Waals surface area contributed by atoms with Crippen molar-refractivity contribution in [3.05, 3.63) is 47.2 Å². The van der Waals surface area contributed by atoms with Gasteiger partial charge in [-0.25, -0.2) is 4.98 Å². The van der Waals surface area contributed by atoms with Gasteiger partial charge in [-0.3, -0.25) is 4.79 Å². The van der Waals surface area contributed by atoms with Crippen LogP contribution in [0.25, 0.3) is 0 Å². The molecule has 0 aliphatic carbocycles. The van der Waals surface area contributed by atoms with E-state index in [0.717, 1.165) is 23.4 Å². The number of hydrogen-bond donors (Lipinski definition) is 1. The van der Waals surface area contributed by atoms with Gasteiger partial charge in [0, 0.05) is 11.4 Å². The summed E-state index contributed by atoms with van der Waals surface area (Å²) in [5.74, 6) is 0.784. The number of anilines is 1. The van der Waals surface area contributed by atoms with E-state index >= 15 is 0 Å². The molecule has 5 nitrogen and oxygen atoms in total. The highest BCUT2D eigenvalue weighted by Crippen LogP contribution is 2.23. The maximum atomic E-state index is 12.1. The average Bonchev–Trinajstić information content (AvgIpc) is 2.60. The van der Waals surface area contributed by atoms with Crippen LogP contribution in [-0.4, -0.2) is 23.8 Å². The second kappa shape index (κ2) is 8.37. The minimum Gasteiger partial charge on any atom is -0.497 e. The van der Waals surface area contributed by atoms with Crippen molar-refractivity contribution >= 4 is 23.4 Å². The van der Waals surface area contributed by atoms with Crippen LogP contribution >= 0.6 is 11.8 Å². The molecule has 1 aromatic carbocycles. The molecule has 0 saturated carbocycles. The van der Waals surface area contributed by atoms with Crippen LogP contribution in [-0.2, 0) is 11.2 Å². The Morgan fingerprint density at radius 2 is 2.08 bits per heavy atom. The SMILES string of the molecule is CCc1nc(SCC(=O)Nc2ccc(OC)cc2)c(C#N)cc1C. The Bertz CT molecular complexity index is 767. The summed E-state index contributed by atoms with van der Waals surface area (Å²) in [6.07, 6.45) is 0.795. The summed E-state index contributed by atoms with van der Waals surface area (Å²) in [4.78, 5) is 16.6. The fraction of sp³-hybridized carbons (Fsp3) is 0.278. The monoisotopic (exact) mass is 341 g/mol. The lowest BCUT2D eigenvalue weighted by molar-refractivity contribution is -0.113. The third kappa shape index (κ3) is 4.49. The van der Waals surface area contributed by atoms with Crippen LogP contribution < -0.4 is 10.1 Å². The van der Waals surface area contributed by atoms with Crippen molar-refractivity contribution in [3.63, 3.8) is 0 Å². The third-order valence-corrected chi connectivity index (χ3v) is 4.44. The molecule has 2 aromatic rings. The predicted molar refractivity (Wildman–Crippen MR) is 95.4 cm³/mol. The minimum absolute atomic E-state index is 0.144. The first-order valence-corrected chi connectivity index (χ1v) is 8.53. The molecule has 6 heteroatoms. The number of nitrogens with one attached hydrogen (secondary N) is 1. The van der Waals surface area contributed by atoms with Gasteiger partial charge in [-0.15, -0.1) is 0 Å². The summed E-state index contributed by atoms with van der Waals surface area (Å²) in [5.41, 5.74) is 3.16. The molecule has 0 radical (unpaired) electrons. The highest BCUT2D eigenvalue weighted by molar-refractivity contribution is 8.00. The molecule has 0 saturated heterocycles. The van der Waals surface area contributed by atoms with Crippen molar-refractivity contribution in [1.82, 2.24) is 4.98 Å². The van der Waals surface area contributed by atoms with E-state index in [1.165, 1.54) is 11.8 Å². The molecular weight excluding hydrogens is 322 g/mol. The van der Waals surface area contributed by atoms with Crippen molar-refractivity contribution in [3.8, 4) is 11.8 Å². The number of amides is 1. The van der Waals surface area contributed by atoms with E-state index in [-0.39, 0.29) is 11.7 Å². The molecule has 0 aliphatic rings. The average molecular weight is 341 g/mol. The molecule has 1 amide bonds. The largest absolute Gasteiger partial charge is 0.497 e. The topological polar surface area (TPSA) is 75.0 Å². The van der Waals surface area contributed by atoms with Crippen LogP contribution in [0.4, 0.5) is 5.69 Å². The summed E-state index contributed by atoms with van der Waals surface area (Å²) >= 11 is 1.27. The van der Waals surface area contributed by atoms with E-state index in [2.05, 4.69) is 16.4 Å². The molecule has 1 heterocycles. The molecule has 0 fully saturated rings. The zero-order valence-corrected chi connectivity index (χ0v) is 14.7. The van der Waals surface area contributed by atoms with Gasteiger partial charge >= 0.3 is 0 Å². The fourth-order valence-electron chi connectivity index (χ4n) is 2.19. The van der Waals surface area contributed by atoms with Gasteiger partial charge in [0.25, 0.3) is 0 Å². The van der Waals surface area contributed by atoms with Gasteiger partial charge < -0.3 is 10.1 Å². The van der Waals surface area contributed by atoms with Gasteiger partial charge in [0.05, 0.1) is 18.4 Å². The first kappa shape index (κ1) is 17.8. The van der Waals surface area contributed by atoms with Crippen molar-refractivity contribution in [1.29, 1.82) is 5.26 Å². The van der Waals surface area contributed by atoms with Gasteiger partial charge in [0.15, 0.2) is 0 Å². The summed E-state index contributed by atoms with van der Waals surface area (Å²) < 4.78 is 5.08. The summed E-state index contributed by atoms with van der Waals surface area (Å²) in [5, 5.41) is 12.7. The van der Waals surface area contributed by atoms with Gasteiger partial charge in [0.2, 0.25) is 5.91 Å². The van der Waals surface area contributed by atoms with E-state index in [9.17, 15) is 10.1 Å². The Balaban J connectivity index is 2.02. The lowest BCUT2D eigenvalue weighted by atomic mass is 10.1. The van der Waals surface area contributed by atoms with Crippen LogP contribution in [0.2, 0.25) is 0 Å². The van der Waals surface area contributed by atoms with Gasteiger partial charge in [-0.1, -0.05) is 18.7 Å². The van der Waals surface area contributed by atoms with Crippen molar-refractivity contribution in [2.45, 2.75) is 25.3 Å². The number of carbonyl (C=O) groups excluding carboxylic acids is 1. The number of methoxy groups -OCH3 is 1. The molecule has 0 bridgehead atoms. The number of nitriles is 1. The molecule has 24 heavy (non-hydrogen) atoms. The van der Waals surface area contributed by atoms with Gasteiger partial charge in [0.1, 0.15) is 16.8 Å². The van der Waals surface area contributed by atoms with Gasteiger partial charge in [-0.2, -0.15) is 5.26 Å². The normalized spacial score (nSPS) is 10.1. The fourth-order valence-corrected chi connectivity index (χ4v) is 2.96. The number of aromatic nitrogens is 1. The van der Waals surface area contributed by atoms with Crippen LogP contribution in [0.3, 0.4) is 0 Å². The molecule has 0 aliphatic heterocycles. The first-order chi connectivity index (χ1) is 11.6. The van der Waals surface area contributed by atoms with E-state index in [4.69, 9.17) is 4.74 Å². The predicted octanol–water partition coefficient (Wildman–Crippen LogP) is 3.56. The number of rotatable bonds is 6. The molecule has 124 valence electrons. The maximum Gasteiger partial charge on any atom is 0.234 e. The number of carbonyl (C=O) groups is 1. The molecule has 0 unspecified atom stereocenters. The second-order valence-corrected chi connectivity index (χ2v) is 6.10. The number of ether oxygens (including phenoxy) is 1. The molecular formula is C18H19N3O2S. The maximum absolute atomic E-state index is 12.1. The van der Waals surface area contributed by atoms with Crippen molar-refractivity contribution in [2.75, 3.05) is 18.2 Å². The Kier molecular flexibility index (Phi) is 6.21. The standard InChI is InChI=1S/C18H19N3O2S/c1-4-16-12(2)9-13(10-19)18(21-16)24-11-17(22)20-14-5-7-15(23-3)8-6-14/h5-9H,4,11H2,1-3H3,(H,20,22). The van der Waals surface area contributed by atoms with Crippen LogP contribution in [0.5, 0.6) is 5.75 Å². The van der Waals surface area contributed by atoms with Crippen molar-refractivity contribution < 1.29 is 9.53 Å². The highest BCUT2D eigenvalue weighted by atomic mass is 32.2. The molecule has 1 aromatic heterocycles. The second-order valence-electron chi connectivity index (χ2n) is 5.14. The van der Waals surface area contributed by atoms with Crippen molar-refractivity contribution in [2.24, 2.45) is 0 Å². The minimum atomic E-state index is -0.144. The van der Waals surface area contributed by atoms with E-state index in [1.807, 2.05) is 19.9 Å². The van der Waals surface area contributed by atoms with Crippen LogP contribution in [0.1, 0.15) is 23.7 Å².